The molecule has 25 heavy (non-hydrogen) atoms. The highest BCUT2D eigenvalue weighted by molar-refractivity contribution is 6.39. The molecule has 0 aliphatic rings. The molecular formula is C18H17Cl2N5. The Balaban J connectivity index is 1.56. The molecule has 0 fully saturated rings. The molecular weight excluding hydrogens is 357 g/mol. The summed E-state index contributed by atoms with van der Waals surface area (Å²) in [6.45, 7) is 0.757. The predicted molar refractivity (Wildman–Crippen MR) is 103 cm³/mol. The summed E-state index contributed by atoms with van der Waals surface area (Å²) in [4.78, 5) is 4.38. The summed E-state index contributed by atoms with van der Waals surface area (Å²) in [6.07, 6.45) is 3.49. The second kappa shape index (κ2) is 8.65. The lowest BCUT2D eigenvalue weighted by molar-refractivity contribution is 0.843. The quantitative estimate of drug-likeness (QED) is 0.572. The average Bonchev–Trinajstić information content (AvgIpc) is 2.63. The van der Waals surface area contributed by atoms with Crippen LogP contribution in [0.25, 0.3) is 0 Å². The molecule has 0 amide bonds. The molecule has 3 rings (SSSR count). The lowest BCUT2D eigenvalue weighted by Crippen LogP contribution is -2.08. The summed E-state index contributed by atoms with van der Waals surface area (Å²) in [7, 11) is 0. The van der Waals surface area contributed by atoms with Gasteiger partial charge in [-0.15, -0.1) is 5.10 Å². The summed E-state index contributed by atoms with van der Waals surface area (Å²) in [5.41, 5.74) is 1.91. The van der Waals surface area contributed by atoms with E-state index in [1.54, 1.807) is 18.2 Å². The molecule has 1 heterocycles. The average molecular weight is 374 g/mol. The molecule has 0 atom stereocenters. The van der Waals surface area contributed by atoms with Crippen molar-refractivity contribution in [2.45, 2.75) is 12.8 Å². The van der Waals surface area contributed by atoms with Crippen LogP contribution in [0.5, 0.6) is 0 Å². The van der Waals surface area contributed by atoms with Gasteiger partial charge in [0.15, 0.2) is 5.82 Å². The maximum absolute atomic E-state index is 6.15. The van der Waals surface area contributed by atoms with Gasteiger partial charge in [-0.25, -0.2) is 0 Å². The molecule has 0 saturated heterocycles. The molecule has 1 aromatic heterocycles. The van der Waals surface area contributed by atoms with Gasteiger partial charge in [0.2, 0.25) is 5.95 Å². The minimum atomic E-state index is 0.459. The first kappa shape index (κ1) is 17.5. The van der Waals surface area contributed by atoms with Gasteiger partial charge in [0.05, 0.1) is 21.9 Å². The van der Waals surface area contributed by atoms with Crippen LogP contribution in [0.2, 0.25) is 10.0 Å². The van der Waals surface area contributed by atoms with E-state index >= 15 is 0 Å². The van der Waals surface area contributed by atoms with E-state index in [2.05, 4.69) is 37.9 Å². The molecule has 0 aliphatic heterocycles. The monoisotopic (exact) mass is 373 g/mol. The molecule has 0 spiro atoms. The van der Waals surface area contributed by atoms with Gasteiger partial charge < -0.3 is 10.6 Å². The number of para-hydroxylation sites is 1. The number of nitrogens with zero attached hydrogens (tertiary/aromatic N) is 3. The molecule has 0 bridgehead atoms. The number of halogens is 2. The number of benzene rings is 2. The molecule has 5 nitrogen and oxygen atoms in total. The first-order valence-corrected chi connectivity index (χ1v) is 8.66. The number of anilines is 3. The van der Waals surface area contributed by atoms with Crippen molar-refractivity contribution in [1.29, 1.82) is 0 Å². The van der Waals surface area contributed by atoms with Gasteiger partial charge in [0.25, 0.3) is 0 Å². The Morgan fingerprint density at radius 3 is 2.44 bits per heavy atom. The standard InChI is InChI=1S/C18H17Cl2N5/c19-14-9-4-10-15(20)17(14)23-16-12-22-25-18(24-16)21-11-5-8-13-6-2-1-3-7-13/h1-4,6-7,9-10,12H,5,8,11H2,(H2,21,23,24,25). The van der Waals surface area contributed by atoms with Crippen LogP contribution in [-0.2, 0) is 6.42 Å². The van der Waals surface area contributed by atoms with Gasteiger partial charge in [-0.05, 0) is 30.5 Å². The van der Waals surface area contributed by atoms with Crippen LogP contribution in [-0.4, -0.2) is 21.7 Å². The van der Waals surface area contributed by atoms with Gasteiger partial charge in [-0.3, -0.25) is 0 Å². The molecule has 128 valence electrons. The SMILES string of the molecule is Clc1cccc(Cl)c1Nc1cnnc(NCCCc2ccccc2)n1. The Hall–Kier alpha value is -2.37. The first-order valence-electron chi connectivity index (χ1n) is 7.91. The normalized spacial score (nSPS) is 10.5. The minimum absolute atomic E-state index is 0.459. The van der Waals surface area contributed by atoms with Gasteiger partial charge in [0.1, 0.15) is 0 Å². The van der Waals surface area contributed by atoms with E-state index < -0.39 is 0 Å². The molecule has 0 radical (unpaired) electrons. The summed E-state index contributed by atoms with van der Waals surface area (Å²) >= 11 is 12.3. The lowest BCUT2D eigenvalue weighted by atomic mass is 10.1. The second-order valence-electron chi connectivity index (χ2n) is 5.40. The van der Waals surface area contributed by atoms with Crippen LogP contribution in [0.15, 0.2) is 54.7 Å². The zero-order valence-corrected chi connectivity index (χ0v) is 14.9. The van der Waals surface area contributed by atoms with Gasteiger partial charge >= 0.3 is 0 Å². The van der Waals surface area contributed by atoms with Crippen molar-refractivity contribution in [3.05, 3.63) is 70.3 Å². The largest absolute Gasteiger partial charge is 0.353 e. The molecule has 2 aromatic carbocycles. The zero-order valence-electron chi connectivity index (χ0n) is 13.4. The van der Waals surface area contributed by atoms with Crippen molar-refractivity contribution >= 4 is 40.7 Å². The Bertz CT molecular complexity index is 806. The van der Waals surface area contributed by atoms with Crippen molar-refractivity contribution in [3.8, 4) is 0 Å². The first-order chi connectivity index (χ1) is 12.2. The number of aryl methyl sites for hydroxylation is 1. The molecule has 7 heteroatoms. The van der Waals surface area contributed by atoms with Gasteiger partial charge in [-0.1, -0.05) is 59.6 Å². The van der Waals surface area contributed by atoms with E-state index in [0.29, 0.717) is 27.5 Å². The highest BCUT2D eigenvalue weighted by Crippen LogP contribution is 2.31. The second-order valence-corrected chi connectivity index (χ2v) is 6.22. The Morgan fingerprint density at radius 1 is 0.920 bits per heavy atom. The summed E-state index contributed by atoms with van der Waals surface area (Å²) in [5, 5.41) is 15.2. The number of aromatic nitrogens is 3. The van der Waals surface area contributed by atoms with E-state index in [4.69, 9.17) is 23.2 Å². The molecule has 0 unspecified atom stereocenters. The molecule has 0 aliphatic carbocycles. The smallest absolute Gasteiger partial charge is 0.244 e. The fraction of sp³-hybridized carbons (Fsp3) is 0.167. The number of nitrogens with one attached hydrogen (secondary N) is 2. The van der Waals surface area contributed by atoms with Gasteiger partial charge in [-0.2, -0.15) is 10.1 Å². The minimum Gasteiger partial charge on any atom is -0.353 e. The summed E-state index contributed by atoms with van der Waals surface area (Å²) < 4.78 is 0. The van der Waals surface area contributed by atoms with Crippen LogP contribution in [0.3, 0.4) is 0 Å². The van der Waals surface area contributed by atoms with Crippen molar-refractivity contribution in [2.75, 3.05) is 17.2 Å². The third-order valence-corrected chi connectivity index (χ3v) is 4.17. The molecule has 2 N–H and O–H groups in total. The van der Waals surface area contributed by atoms with Crippen molar-refractivity contribution in [3.63, 3.8) is 0 Å². The zero-order chi connectivity index (χ0) is 17.5. The van der Waals surface area contributed by atoms with E-state index in [0.717, 1.165) is 19.4 Å². The summed E-state index contributed by atoms with van der Waals surface area (Å²) in [5.74, 6) is 0.983. The Kier molecular flexibility index (Phi) is 6.04. The van der Waals surface area contributed by atoms with E-state index in [1.807, 2.05) is 18.2 Å². The van der Waals surface area contributed by atoms with E-state index in [1.165, 1.54) is 11.8 Å². The fourth-order valence-corrected chi connectivity index (χ4v) is 2.81. The Morgan fingerprint density at radius 2 is 1.68 bits per heavy atom. The van der Waals surface area contributed by atoms with Crippen molar-refractivity contribution in [1.82, 2.24) is 15.2 Å². The maximum atomic E-state index is 6.15. The van der Waals surface area contributed by atoms with Crippen LogP contribution in [0.4, 0.5) is 17.5 Å². The topological polar surface area (TPSA) is 62.7 Å². The fourth-order valence-electron chi connectivity index (χ4n) is 2.32. The Labute approximate surface area is 156 Å². The van der Waals surface area contributed by atoms with Crippen LogP contribution >= 0.6 is 23.2 Å². The highest BCUT2D eigenvalue weighted by Gasteiger charge is 2.07. The van der Waals surface area contributed by atoms with Crippen LogP contribution < -0.4 is 10.6 Å². The highest BCUT2D eigenvalue weighted by atomic mass is 35.5. The number of rotatable bonds is 7. The third-order valence-electron chi connectivity index (χ3n) is 3.54. The number of hydrogen-bond acceptors (Lipinski definition) is 5. The van der Waals surface area contributed by atoms with Crippen molar-refractivity contribution in [2.24, 2.45) is 0 Å². The molecule has 3 aromatic rings. The van der Waals surface area contributed by atoms with E-state index in [9.17, 15) is 0 Å². The number of hydrogen-bond donors (Lipinski definition) is 2. The van der Waals surface area contributed by atoms with Crippen molar-refractivity contribution < 1.29 is 0 Å². The predicted octanol–water partition coefficient (Wildman–Crippen LogP) is 4.97. The third kappa shape index (κ3) is 5.05. The maximum Gasteiger partial charge on any atom is 0.244 e. The molecule has 0 saturated carbocycles. The van der Waals surface area contributed by atoms with Gasteiger partial charge in [0, 0.05) is 6.54 Å². The lowest BCUT2D eigenvalue weighted by Gasteiger charge is -2.10. The van der Waals surface area contributed by atoms with E-state index in [-0.39, 0.29) is 0 Å². The van der Waals surface area contributed by atoms with Crippen LogP contribution in [0.1, 0.15) is 12.0 Å². The van der Waals surface area contributed by atoms with Crippen LogP contribution in [0, 0.1) is 0 Å². The summed E-state index contributed by atoms with van der Waals surface area (Å²) in [6, 6.07) is 15.7.